The average Bonchev–Trinajstić information content (AvgIpc) is 2.78. The van der Waals surface area contributed by atoms with Gasteiger partial charge in [-0.25, -0.2) is 8.78 Å². The molecular weight excluding hydrogens is 431 g/mol. The molecule has 3 aromatic carbocycles. The van der Waals surface area contributed by atoms with E-state index in [0.29, 0.717) is 17.4 Å². The van der Waals surface area contributed by atoms with Crippen molar-refractivity contribution >= 4 is 10.8 Å². The minimum Gasteiger partial charge on any atom is -0.206 e. The predicted molar refractivity (Wildman–Crippen MR) is 121 cm³/mol. The number of benzene rings is 3. The molecule has 1 aliphatic carbocycles. The average molecular weight is 454 g/mol. The molecule has 0 N–H and O–H groups in total. The van der Waals surface area contributed by atoms with Gasteiger partial charge < -0.3 is 0 Å². The van der Waals surface area contributed by atoms with Crippen molar-refractivity contribution < 1.29 is 22.0 Å². The Balaban J connectivity index is 1.53. The highest BCUT2D eigenvalue weighted by atomic mass is 19.4. The molecule has 0 heterocycles. The zero-order chi connectivity index (χ0) is 23.6. The van der Waals surface area contributed by atoms with Gasteiger partial charge in [0, 0.05) is 16.9 Å². The topological polar surface area (TPSA) is 0 Å². The molecule has 0 saturated heterocycles. The lowest BCUT2D eigenvalue weighted by Gasteiger charge is -2.22. The summed E-state index contributed by atoms with van der Waals surface area (Å²) in [4.78, 5) is 0. The SMILES string of the molecule is C/C=C/C1CCC(C#Cc2ccc(-c3ccc4c(F)c(C(F)(F)F)c(F)cc4c3)cc2)CC1. The van der Waals surface area contributed by atoms with Gasteiger partial charge in [-0.15, -0.1) is 0 Å². The van der Waals surface area contributed by atoms with Crippen molar-refractivity contribution in [1.29, 1.82) is 0 Å². The van der Waals surface area contributed by atoms with E-state index in [2.05, 4.69) is 24.0 Å². The highest BCUT2D eigenvalue weighted by Crippen LogP contribution is 2.37. The van der Waals surface area contributed by atoms with Crippen molar-refractivity contribution in [3.63, 3.8) is 0 Å². The van der Waals surface area contributed by atoms with E-state index >= 15 is 0 Å². The van der Waals surface area contributed by atoms with Crippen molar-refractivity contribution in [3.05, 3.63) is 83.4 Å². The minimum atomic E-state index is -5.09. The fraction of sp³-hybridized carbons (Fsp3) is 0.286. The summed E-state index contributed by atoms with van der Waals surface area (Å²) in [6.07, 6.45) is 3.81. The van der Waals surface area contributed by atoms with Gasteiger partial charge >= 0.3 is 6.18 Å². The largest absolute Gasteiger partial charge is 0.422 e. The van der Waals surface area contributed by atoms with E-state index in [-0.39, 0.29) is 10.8 Å². The van der Waals surface area contributed by atoms with Gasteiger partial charge in [0.2, 0.25) is 0 Å². The van der Waals surface area contributed by atoms with E-state index in [1.54, 1.807) is 0 Å². The summed E-state index contributed by atoms with van der Waals surface area (Å²) < 4.78 is 67.2. The van der Waals surface area contributed by atoms with Crippen LogP contribution in [0.3, 0.4) is 0 Å². The first-order chi connectivity index (χ1) is 15.8. The standard InChI is InChI=1S/C28H23F5/c1-2-3-18-4-6-19(7-5-18)8-9-20-10-12-21(13-11-20)22-14-15-24-23(16-22)17-25(29)26(27(24)30)28(31,32)33/h2-3,10-19H,4-7H2,1H3/b3-2+. The van der Waals surface area contributed by atoms with Crippen molar-refractivity contribution in [2.45, 2.75) is 38.8 Å². The van der Waals surface area contributed by atoms with Crippen LogP contribution in [-0.4, -0.2) is 0 Å². The molecule has 0 radical (unpaired) electrons. The van der Waals surface area contributed by atoms with Crippen LogP contribution in [0.25, 0.3) is 21.9 Å². The van der Waals surface area contributed by atoms with Crippen molar-refractivity contribution in [1.82, 2.24) is 0 Å². The summed E-state index contributed by atoms with van der Waals surface area (Å²) in [5.41, 5.74) is 0.459. The van der Waals surface area contributed by atoms with Gasteiger partial charge in [0.1, 0.15) is 17.2 Å². The van der Waals surface area contributed by atoms with Crippen molar-refractivity contribution in [2.24, 2.45) is 11.8 Å². The van der Waals surface area contributed by atoms with Crippen LogP contribution in [-0.2, 0) is 6.18 Å². The minimum absolute atomic E-state index is 0.0767. The first kappa shape index (κ1) is 23.0. The van der Waals surface area contributed by atoms with Crippen LogP contribution in [0, 0.1) is 35.3 Å². The zero-order valence-corrected chi connectivity index (χ0v) is 18.1. The number of hydrogen-bond donors (Lipinski definition) is 0. The van der Waals surface area contributed by atoms with Crippen LogP contribution in [0.2, 0.25) is 0 Å². The van der Waals surface area contributed by atoms with Gasteiger partial charge in [0.25, 0.3) is 0 Å². The van der Waals surface area contributed by atoms with Crippen LogP contribution in [0.5, 0.6) is 0 Å². The molecule has 3 aromatic rings. The number of rotatable bonds is 2. The molecule has 0 nitrogen and oxygen atoms in total. The van der Waals surface area contributed by atoms with E-state index in [9.17, 15) is 22.0 Å². The quantitative estimate of drug-likeness (QED) is 0.207. The van der Waals surface area contributed by atoms with Gasteiger partial charge in [-0.2, -0.15) is 13.2 Å². The summed E-state index contributed by atoms with van der Waals surface area (Å²) >= 11 is 0. The van der Waals surface area contributed by atoms with Crippen LogP contribution < -0.4 is 0 Å². The van der Waals surface area contributed by atoms with Crippen LogP contribution >= 0.6 is 0 Å². The summed E-state index contributed by atoms with van der Waals surface area (Å²) in [7, 11) is 0. The molecule has 0 atom stereocenters. The number of fused-ring (bicyclic) bond motifs is 1. The summed E-state index contributed by atoms with van der Waals surface area (Å²) in [6.45, 7) is 2.05. The van der Waals surface area contributed by atoms with E-state index in [1.165, 1.54) is 18.2 Å². The molecule has 0 bridgehead atoms. The van der Waals surface area contributed by atoms with E-state index in [4.69, 9.17) is 0 Å². The number of allylic oxidation sites excluding steroid dienone is 2. The Morgan fingerprint density at radius 1 is 0.879 bits per heavy atom. The van der Waals surface area contributed by atoms with Crippen LogP contribution in [0.1, 0.15) is 43.7 Å². The molecule has 0 aromatic heterocycles. The van der Waals surface area contributed by atoms with Gasteiger partial charge in [-0.1, -0.05) is 48.3 Å². The van der Waals surface area contributed by atoms with E-state index in [1.807, 2.05) is 31.2 Å². The molecule has 5 heteroatoms. The second kappa shape index (κ2) is 9.39. The summed E-state index contributed by atoms with van der Waals surface area (Å²) in [5.74, 6) is 4.46. The predicted octanol–water partition coefficient (Wildman–Crippen LogP) is 8.54. The number of halogens is 5. The molecular formula is C28H23F5. The smallest absolute Gasteiger partial charge is 0.206 e. The van der Waals surface area contributed by atoms with Crippen molar-refractivity contribution in [2.75, 3.05) is 0 Å². The van der Waals surface area contributed by atoms with Gasteiger partial charge in [-0.3, -0.25) is 0 Å². The Bertz CT molecular complexity index is 1230. The molecule has 0 unspecified atom stereocenters. The molecule has 0 spiro atoms. The first-order valence-electron chi connectivity index (χ1n) is 11.0. The Hall–Kier alpha value is -3.13. The zero-order valence-electron chi connectivity index (χ0n) is 18.1. The lowest BCUT2D eigenvalue weighted by Crippen LogP contribution is -2.11. The van der Waals surface area contributed by atoms with E-state index < -0.39 is 23.4 Å². The second-order valence-corrected chi connectivity index (χ2v) is 8.47. The Morgan fingerprint density at radius 3 is 2.18 bits per heavy atom. The molecule has 33 heavy (non-hydrogen) atoms. The normalized spacial score (nSPS) is 19.0. The van der Waals surface area contributed by atoms with Crippen LogP contribution in [0.15, 0.2) is 60.7 Å². The number of hydrogen-bond acceptors (Lipinski definition) is 0. The second-order valence-electron chi connectivity index (χ2n) is 8.47. The highest BCUT2D eigenvalue weighted by Gasteiger charge is 2.38. The molecule has 0 aliphatic heterocycles. The molecule has 4 rings (SSSR count). The Morgan fingerprint density at radius 2 is 1.55 bits per heavy atom. The molecule has 1 aliphatic rings. The number of alkyl halides is 3. The van der Waals surface area contributed by atoms with Crippen molar-refractivity contribution in [3.8, 4) is 23.0 Å². The maximum atomic E-state index is 14.3. The molecule has 170 valence electrons. The maximum Gasteiger partial charge on any atom is 0.422 e. The van der Waals surface area contributed by atoms with Gasteiger partial charge in [-0.05, 0) is 79.3 Å². The lowest BCUT2D eigenvalue weighted by molar-refractivity contribution is -0.142. The molecule has 1 saturated carbocycles. The maximum absolute atomic E-state index is 14.3. The monoisotopic (exact) mass is 454 g/mol. The van der Waals surface area contributed by atoms with Crippen LogP contribution in [0.4, 0.5) is 22.0 Å². The van der Waals surface area contributed by atoms with Gasteiger partial charge in [0.15, 0.2) is 0 Å². The molecule has 0 amide bonds. The third-order valence-corrected chi connectivity index (χ3v) is 6.19. The molecule has 1 fully saturated rings. The summed E-state index contributed by atoms with van der Waals surface area (Å²) in [6, 6.07) is 12.5. The fourth-order valence-electron chi connectivity index (χ4n) is 4.43. The van der Waals surface area contributed by atoms with E-state index in [0.717, 1.165) is 42.9 Å². The third kappa shape index (κ3) is 5.11. The first-order valence-corrected chi connectivity index (χ1v) is 11.0. The summed E-state index contributed by atoms with van der Waals surface area (Å²) in [5, 5.41) is -0.188. The Kier molecular flexibility index (Phi) is 6.56. The fourth-order valence-corrected chi connectivity index (χ4v) is 4.43. The highest BCUT2D eigenvalue weighted by molar-refractivity contribution is 5.88. The third-order valence-electron chi connectivity index (χ3n) is 6.19. The Labute approximate surface area is 190 Å². The lowest BCUT2D eigenvalue weighted by atomic mass is 9.82. The van der Waals surface area contributed by atoms with Gasteiger partial charge in [0.05, 0.1) is 0 Å².